The number of likely N-dealkylation sites (tertiary alicyclic amines) is 1. The SMILES string of the molecule is NNC(=O)c1cc(-c2ccc(C#Cc3ccc(C(=O)N4CCCCC4C(=O)O)cc3)s2)nc2ccncc12. The highest BCUT2D eigenvalue weighted by Crippen LogP contribution is 2.30. The molecule has 1 atom stereocenters. The van der Waals surface area contributed by atoms with Gasteiger partial charge in [0.2, 0.25) is 0 Å². The van der Waals surface area contributed by atoms with Crippen molar-refractivity contribution >= 4 is 40.0 Å². The molecule has 4 heterocycles. The molecule has 9 nitrogen and oxygen atoms in total. The summed E-state index contributed by atoms with van der Waals surface area (Å²) >= 11 is 1.44. The molecule has 1 aromatic carbocycles. The molecule has 1 fully saturated rings. The Hall–Kier alpha value is -4.59. The summed E-state index contributed by atoms with van der Waals surface area (Å²) in [5.41, 5.74) is 4.98. The Morgan fingerprint density at radius 1 is 1.08 bits per heavy atom. The average Bonchev–Trinajstić information content (AvgIpc) is 3.44. The van der Waals surface area contributed by atoms with Crippen molar-refractivity contribution in [2.75, 3.05) is 6.54 Å². The van der Waals surface area contributed by atoms with Gasteiger partial charge in [0.05, 0.1) is 26.5 Å². The van der Waals surface area contributed by atoms with Crippen LogP contribution in [0.5, 0.6) is 0 Å². The largest absolute Gasteiger partial charge is 0.480 e. The quantitative estimate of drug-likeness (QED) is 0.161. The number of hydrazine groups is 1. The van der Waals surface area contributed by atoms with E-state index < -0.39 is 17.9 Å². The van der Waals surface area contributed by atoms with Crippen molar-refractivity contribution in [2.24, 2.45) is 5.84 Å². The Labute approximate surface area is 222 Å². The van der Waals surface area contributed by atoms with Crippen LogP contribution in [0.2, 0.25) is 0 Å². The normalized spacial score (nSPS) is 15.0. The number of aliphatic carboxylic acids is 1. The van der Waals surface area contributed by atoms with Gasteiger partial charge in [-0.05, 0) is 67.8 Å². The second kappa shape index (κ2) is 10.8. The summed E-state index contributed by atoms with van der Waals surface area (Å²) in [6.07, 6.45) is 5.27. The maximum Gasteiger partial charge on any atom is 0.326 e. The lowest BCUT2D eigenvalue weighted by Crippen LogP contribution is -2.47. The molecule has 38 heavy (non-hydrogen) atoms. The minimum Gasteiger partial charge on any atom is -0.480 e. The molecule has 1 aliphatic rings. The lowest BCUT2D eigenvalue weighted by Gasteiger charge is -2.33. The molecule has 3 aromatic heterocycles. The van der Waals surface area contributed by atoms with Gasteiger partial charge in [0.25, 0.3) is 11.8 Å². The lowest BCUT2D eigenvalue weighted by atomic mass is 10.0. The van der Waals surface area contributed by atoms with Crippen LogP contribution >= 0.6 is 11.3 Å². The van der Waals surface area contributed by atoms with E-state index in [4.69, 9.17) is 5.84 Å². The number of carboxylic acids is 1. The van der Waals surface area contributed by atoms with Crippen LogP contribution in [0.4, 0.5) is 0 Å². The molecule has 1 aliphatic heterocycles. The topological polar surface area (TPSA) is 139 Å². The number of nitrogens with one attached hydrogen (secondary N) is 1. The van der Waals surface area contributed by atoms with E-state index in [1.165, 1.54) is 16.2 Å². The number of nitrogens with two attached hydrogens (primary N) is 1. The number of amides is 2. The Morgan fingerprint density at radius 2 is 1.89 bits per heavy atom. The van der Waals surface area contributed by atoms with Gasteiger partial charge in [-0.3, -0.25) is 20.0 Å². The van der Waals surface area contributed by atoms with Crippen LogP contribution in [-0.4, -0.2) is 50.3 Å². The molecule has 190 valence electrons. The van der Waals surface area contributed by atoms with E-state index in [0.717, 1.165) is 28.2 Å². The lowest BCUT2D eigenvalue weighted by molar-refractivity contribution is -0.143. The number of piperidine rings is 1. The molecule has 0 radical (unpaired) electrons. The number of aromatic nitrogens is 2. The fraction of sp³-hybridized carbons (Fsp3) is 0.179. The van der Waals surface area contributed by atoms with Crippen LogP contribution in [0.1, 0.15) is 50.4 Å². The van der Waals surface area contributed by atoms with E-state index in [-0.39, 0.29) is 5.91 Å². The zero-order chi connectivity index (χ0) is 26.6. The van der Waals surface area contributed by atoms with Gasteiger partial charge in [-0.1, -0.05) is 11.8 Å². The number of hydrogen-bond acceptors (Lipinski definition) is 7. The van der Waals surface area contributed by atoms with Gasteiger partial charge >= 0.3 is 5.97 Å². The molecule has 0 aliphatic carbocycles. The first-order valence-corrected chi connectivity index (χ1v) is 12.8. The monoisotopic (exact) mass is 525 g/mol. The van der Waals surface area contributed by atoms with Gasteiger partial charge in [0, 0.05) is 35.5 Å². The summed E-state index contributed by atoms with van der Waals surface area (Å²) in [6, 6.07) is 13.3. The maximum atomic E-state index is 12.9. The molecular formula is C28H23N5O4S. The number of nitrogens with zero attached hydrogens (tertiary/aromatic N) is 3. The second-order valence-corrected chi connectivity index (χ2v) is 9.84. The summed E-state index contributed by atoms with van der Waals surface area (Å²) in [6.45, 7) is 0.444. The number of hydrogen-bond donors (Lipinski definition) is 3. The first-order chi connectivity index (χ1) is 18.4. The summed E-state index contributed by atoms with van der Waals surface area (Å²) in [5.74, 6) is 9.92. The third-order valence-electron chi connectivity index (χ3n) is 6.35. The molecule has 0 saturated carbocycles. The van der Waals surface area contributed by atoms with E-state index in [0.29, 0.717) is 40.7 Å². The van der Waals surface area contributed by atoms with Crippen LogP contribution in [-0.2, 0) is 4.79 Å². The molecule has 2 amide bonds. The van der Waals surface area contributed by atoms with Crippen LogP contribution in [0.3, 0.4) is 0 Å². The van der Waals surface area contributed by atoms with Gasteiger partial charge in [-0.2, -0.15) is 0 Å². The first-order valence-electron chi connectivity index (χ1n) is 12.0. The minimum atomic E-state index is -0.967. The Bertz CT molecular complexity index is 1600. The van der Waals surface area contributed by atoms with Crippen LogP contribution < -0.4 is 11.3 Å². The molecule has 4 aromatic rings. The summed E-state index contributed by atoms with van der Waals surface area (Å²) in [4.78, 5) is 48.6. The predicted octanol–water partition coefficient (Wildman–Crippen LogP) is 3.44. The number of rotatable bonds is 4. The number of thiophene rings is 1. The fourth-order valence-corrected chi connectivity index (χ4v) is 5.25. The molecule has 0 bridgehead atoms. The molecule has 0 spiro atoms. The molecule has 1 saturated heterocycles. The van der Waals surface area contributed by atoms with Crippen molar-refractivity contribution < 1.29 is 19.5 Å². The summed E-state index contributed by atoms with van der Waals surface area (Å²) in [5, 5.41) is 10.1. The molecule has 4 N–H and O–H groups in total. The van der Waals surface area contributed by atoms with E-state index in [9.17, 15) is 19.5 Å². The van der Waals surface area contributed by atoms with E-state index >= 15 is 0 Å². The van der Waals surface area contributed by atoms with E-state index in [1.807, 2.05) is 12.1 Å². The first kappa shape index (κ1) is 25.1. The van der Waals surface area contributed by atoms with Crippen molar-refractivity contribution in [3.05, 3.63) is 82.5 Å². The maximum absolute atomic E-state index is 12.9. The smallest absolute Gasteiger partial charge is 0.326 e. The predicted molar refractivity (Wildman–Crippen MR) is 143 cm³/mol. The molecule has 1 unspecified atom stereocenters. The standard InChI is InChI=1S/C28H23N5O4S/c29-32-26(34)20-15-23(31-22-12-13-30-16-21(20)22)25-11-10-19(38-25)9-6-17-4-7-18(8-5-17)27(35)33-14-2-1-3-24(33)28(36)37/h4-5,7-8,10-13,15-16,24H,1-3,14,29H2,(H,32,34)(H,36,37). The Kier molecular flexibility index (Phi) is 7.13. The number of carboxylic acid groups (broad SMARTS) is 1. The van der Waals surface area contributed by atoms with Crippen molar-refractivity contribution in [3.8, 4) is 22.4 Å². The highest BCUT2D eigenvalue weighted by molar-refractivity contribution is 7.16. The van der Waals surface area contributed by atoms with Crippen molar-refractivity contribution in [1.82, 2.24) is 20.3 Å². The number of fused-ring (bicyclic) bond motifs is 1. The molecule has 10 heteroatoms. The van der Waals surface area contributed by atoms with E-state index in [1.54, 1.807) is 48.8 Å². The van der Waals surface area contributed by atoms with Crippen molar-refractivity contribution in [2.45, 2.75) is 25.3 Å². The van der Waals surface area contributed by atoms with Crippen LogP contribution in [0, 0.1) is 11.8 Å². The van der Waals surface area contributed by atoms with Crippen molar-refractivity contribution in [1.29, 1.82) is 0 Å². The number of carbonyl (C=O) groups excluding carboxylic acids is 2. The fourth-order valence-electron chi connectivity index (χ4n) is 4.43. The molecule has 5 rings (SSSR count). The highest BCUT2D eigenvalue weighted by Gasteiger charge is 2.32. The van der Waals surface area contributed by atoms with Crippen molar-refractivity contribution in [3.63, 3.8) is 0 Å². The number of benzene rings is 1. The van der Waals surface area contributed by atoms with Gasteiger partial charge in [0.15, 0.2) is 0 Å². The Balaban J connectivity index is 1.35. The Morgan fingerprint density at radius 3 is 2.66 bits per heavy atom. The van der Waals surface area contributed by atoms with Gasteiger partial charge in [0.1, 0.15) is 6.04 Å². The third kappa shape index (κ3) is 5.11. The summed E-state index contributed by atoms with van der Waals surface area (Å²) < 4.78 is 0. The van der Waals surface area contributed by atoms with Gasteiger partial charge in [-0.25, -0.2) is 15.6 Å². The minimum absolute atomic E-state index is 0.277. The van der Waals surface area contributed by atoms with Crippen LogP contribution in [0.25, 0.3) is 21.5 Å². The molecular weight excluding hydrogens is 502 g/mol. The highest BCUT2D eigenvalue weighted by atomic mass is 32.1. The second-order valence-electron chi connectivity index (χ2n) is 8.76. The average molecular weight is 526 g/mol. The summed E-state index contributed by atoms with van der Waals surface area (Å²) in [7, 11) is 0. The van der Waals surface area contributed by atoms with Crippen LogP contribution in [0.15, 0.2) is 60.9 Å². The zero-order valence-electron chi connectivity index (χ0n) is 20.2. The van der Waals surface area contributed by atoms with Gasteiger partial charge in [-0.15, -0.1) is 11.3 Å². The third-order valence-corrected chi connectivity index (χ3v) is 7.38. The number of pyridine rings is 2. The number of carbonyl (C=O) groups is 3. The van der Waals surface area contributed by atoms with Gasteiger partial charge < -0.3 is 10.0 Å². The van der Waals surface area contributed by atoms with E-state index in [2.05, 4.69) is 27.2 Å². The number of nitrogen functional groups attached to an aromatic ring is 1. The zero-order valence-corrected chi connectivity index (χ0v) is 21.0.